The van der Waals surface area contributed by atoms with Gasteiger partial charge >= 0.3 is 0 Å². The average Bonchev–Trinajstić information content (AvgIpc) is 2.51. The van der Waals surface area contributed by atoms with Crippen molar-refractivity contribution in [1.29, 1.82) is 0 Å². The molecule has 2 nitrogen and oxygen atoms in total. The highest BCUT2D eigenvalue weighted by molar-refractivity contribution is 7.17. The fraction of sp³-hybridized carbons (Fsp3) is 0.300. The molecule has 1 N–H and O–H groups in total. The van der Waals surface area contributed by atoms with Crippen LogP contribution in [0.4, 0.5) is 0 Å². The van der Waals surface area contributed by atoms with Gasteiger partial charge in [-0.2, -0.15) is 0 Å². The van der Waals surface area contributed by atoms with Gasteiger partial charge in [0.05, 0.1) is 4.70 Å². The minimum atomic E-state index is 0.0381. The lowest BCUT2D eigenvalue weighted by atomic mass is 10.1. The minimum absolute atomic E-state index is 0.0381. The van der Waals surface area contributed by atoms with E-state index in [1.807, 2.05) is 11.4 Å². The summed E-state index contributed by atoms with van der Waals surface area (Å²) in [6, 6.07) is 4.04. The molecule has 0 unspecified atom stereocenters. The van der Waals surface area contributed by atoms with Crippen LogP contribution in [-0.4, -0.2) is 4.98 Å². The Kier molecular flexibility index (Phi) is 1.96. The Bertz CT molecular complexity index is 481. The number of aromatic amines is 1. The third-order valence-electron chi connectivity index (χ3n) is 2.09. The summed E-state index contributed by atoms with van der Waals surface area (Å²) < 4.78 is 0.824. The van der Waals surface area contributed by atoms with Crippen molar-refractivity contribution >= 4 is 21.4 Å². The van der Waals surface area contributed by atoms with Gasteiger partial charge in [0.15, 0.2) is 0 Å². The van der Waals surface area contributed by atoms with Gasteiger partial charge in [-0.15, -0.1) is 11.3 Å². The Labute approximate surface area is 80.2 Å². The van der Waals surface area contributed by atoms with Gasteiger partial charge in [0.25, 0.3) is 5.56 Å². The average molecular weight is 193 g/mol. The number of H-pyrrole nitrogens is 1. The molecule has 2 aromatic rings. The van der Waals surface area contributed by atoms with Crippen LogP contribution >= 0.6 is 11.3 Å². The van der Waals surface area contributed by atoms with Crippen LogP contribution in [0.25, 0.3) is 10.1 Å². The third kappa shape index (κ3) is 1.40. The summed E-state index contributed by atoms with van der Waals surface area (Å²) in [4.78, 5) is 14.4. The Balaban J connectivity index is 2.77. The van der Waals surface area contributed by atoms with Crippen LogP contribution in [0.15, 0.2) is 22.3 Å². The molecule has 0 atom stereocenters. The van der Waals surface area contributed by atoms with Crippen molar-refractivity contribution in [2.75, 3.05) is 0 Å². The first-order chi connectivity index (χ1) is 6.18. The van der Waals surface area contributed by atoms with E-state index in [0.717, 1.165) is 15.8 Å². The maximum absolute atomic E-state index is 11.5. The number of rotatable bonds is 1. The van der Waals surface area contributed by atoms with E-state index in [9.17, 15) is 4.79 Å². The molecule has 0 spiro atoms. The van der Waals surface area contributed by atoms with Crippen LogP contribution in [0, 0.1) is 0 Å². The highest BCUT2D eigenvalue weighted by Crippen LogP contribution is 2.19. The quantitative estimate of drug-likeness (QED) is 0.742. The lowest BCUT2D eigenvalue weighted by Gasteiger charge is -2.03. The van der Waals surface area contributed by atoms with Crippen molar-refractivity contribution in [3.8, 4) is 0 Å². The molecule has 0 saturated heterocycles. The standard InChI is InChI=1S/C10H11NOS/c1-6(2)8-5-7-3-4-13-9(7)10(12)11-8/h3-6H,1-2H3,(H,11,12). The predicted octanol–water partition coefficient (Wildman–Crippen LogP) is 2.71. The molecule has 0 saturated carbocycles. The second-order valence-corrected chi connectivity index (χ2v) is 4.33. The summed E-state index contributed by atoms with van der Waals surface area (Å²) in [5.74, 6) is 0.372. The molecule has 0 aliphatic carbocycles. The summed E-state index contributed by atoms with van der Waals surface area (Å²) >= 11 is 1.49. The van der Waals surface area contributed by atoms with Crippen LogP contribution in [0.1, 0.15) is 25.5 Å². The van der Waals surface area contributed by atoms with Gasteiger partial charge < -0.3 is 4.98 Å². The van der Waals surface area contributed by atoms with Crippen molar-refractivity contribution in [3.63, 3.8) is 0 Å². The Hall–Kier alpha value is -1.09. The number of hydrogen-bond acceptors (Lipinski definition) is 2. The molecule has 0 aromatic carbocycles. The molecule has 13 heavy (non-hydrogen) atoms. The Morgan fingerprint density at radius 2 is 2.23 bits per heavy atom. The van der Waals surface area contributed by atoms with E-state index in [4.69, 9.17) is 0 Å². The van der Waals surface area contributed by atoms with E-state index >= 15 is 0 Å². The minimum Gasteiger partial charge on any atom is -0.325 e. The molecule has 2 rings (SSSR count). The zero-order valence-corrected chi connectivity index (χ0v) is 8.44. The van der Waals surface area contributed by atoms with Gasteiger partial charge in [-0.1, -0.05) is 13.8 Å². The van der Waals surface area contributed by atoms with E-state index in [-0.39, 0.29) is 5.56 Å². The fourth-order valence-electron chi connectivity index (χ4n) is 1.32. The highest BCUT2D eigenvalue weighted by Gasteiger charge is 2.05. The van der Waals surface area contributed by atoms with Gasteiger partial charge in [-0.3, -0.25) is 4.79 Å². The predicted molar refractivity (Wildman–Crippen MR) is 56.5 cm³/mol. The van der Waals surface area contributed by atoms with Gasteiger partial charge in [0.1, 0.15) is 0 Å². The largest absolute Gasteiger partial charge is 0.325 e. The zero-order chi connectivity index (χ0) is 9.42. The summed E-state index contributed by atoms with van der Waals surface area (Å²) in [6.45, 7) is 4.15. The number of nitrogens with one attached hydrogen (secondary N) is 1. The number of fused-ring (bicyclic) bond motifs is 1. The van der Waals surface area contributed by atoms with Crippen molar-refractivity contribution in [2.45, 2.75) is 19.8 Å². The van der Waals surface area contributed by atoms with Crippen LogP contribution in [0.2, 0.25) is 0 Å². The maximum atomic E-state index is 11.5. The smallest absolute Gasteiger partial charge is 0.266 e. The normalized spacial score (nSPS) is 11.3. The van der Waals surface area contributed by atoms with Crippen molar-refractivity contribution in [3.05, 3.63) is 33.6 Å². The van der Waals surface area contributed by atoms with Crippen molar-refractivity contribution in [1.82, 2.24) is 4.98 Å². The molecule has 0 aliphatic rings. The molecule has 0 aliphatic heterocycles. The Morgan fingerprint density at radius 3 is 2.92 bits per heavy atom. The van der Waals surface area contributed by atoms with E-state index in [1.54, 1.807) is 0 Å². The molecule has 0 radical (unpaired) electrons. The van der Waals surface area contributed by atoms with Gasteiger partial charge in [-0.25, -0.2) is 0 Å². The van der Waals surface area contributed by atoms with Crippen LogP contribution in [0.5, 0.6) is 0 Å². The molecular formula is C10H11NOS. The van der Waals surface area contributed by atoms with E-state index in [0.29, 0.717) is 5.92 Å². The summed E-state index contributed by atoms with van der Waals surface area (Å²) in [5.41, 5.74) is 1.05. The number of hydrogen-bond donors (Lipinski definition) is 1. The molecular weight excluding hydrogens is 182 g/mol. The molecule has 2 aromatic heterocycles. The number of thiophene rings is 1. The second kappa shape index (κ2) is 3.00. The summed E-state index contributed by atoms with van der Waals surface area (Å²) in [7, 11) is 0. The van der Waals surface area contributed by atoms with E-state index in [1.165, 1.54) is 11.3 Å². The monoisotopic (exact) mass is 193 g/mol. The van der Waals surface area contributed by atoms with Crippen molar-refractivity contribution < 1.29 is 0 Å². The zero-order valence-electron chi connectivity index (χ0n) is 7.63. The van der Waals surface area contributed by atoms with Crippen molar-refractivity contribution in [2.24, 2.45) is 0 Å². The van der Waals surface area contributed by atoms with E-state index < -0.39 is 0 Å². The number of aromatic nitrogens is 1. The fourth-order valence-corrected chi connectivity index (χ4v) is 2.09. The Morgan fingerprint density at radius 1 is 1.46 bits per heavy atom. The first-order valence-corrected chi connectivity index (χ1v) is 5.17. The molecule has 0 bridgehead atoms. The lowest BCUT2D eigenvalue weighted by molar-refractivity contribution is 0.821. The highest BCUT2D eigenvalue weighted by atomic mass is 32.1. The topological polar surface area (TPSA) is 32.9 Å². The molecule has 68 valence electrons. The number of pyridine rings is 1. The maximum Gasteiger partial charge on any atom is 0.266 e. The molecule has 2 heterocycles. The van der Waals surface area contributed by atoms with Crippen LogP contribution in [0.3, 0.4) is 0 Å². The molecule has 3 heteroatoms. The SMILES string of the molecule is CC(C)c1cc2ccsc2c(=O)[nH]1. The lowest BCUT2D eigenvalue weighted by Crippen LogP contribution is -2.08. The molecule has 0 fully saturated rings. The molecule has 0 amide bonds. The third-order valence-corrected chi connectivity index (χ3v) is 3.02. The first-order valence-electron chi connectivity index (χ1n) is 4.29. The first kappa shape index (κ1) is 8.51. The van der Waals surface area contributed by atoms with Gasteiger partial charge in [0, 0.05) is 5.69 Å². The van der Waals surface area contributed by atoms with Gasteiger partial charge in [0.2, 0.25) is 0 Å². The van der Waals surface area contributed by atoms with Crippen LogP contribution < -0.4 is 5.56 Å². The van der Waals surface area contributed by atoms with Gasteiger partial charge in [-0.05, 0) is 28.8 Å². The van der Waals surface area contributed by atoms with E-state index in [2.05, 4.69) is 24.9 Å². The summed E-state index contributed by atoms with van der Waals surface area (Å²) in [5, 5.41) is 3.00. The summed E-state index contributed by atoms with van der Waals surface area (Å²) in [6.07, 6.45) is 0. The second-order valence-electron chi connectivity index (χ2n) is 3.41. The van der Waals surface area contributed by atoms with Crippen LogP contribution in [-0.2, 0) is 0 Å².